The van der Waals surface area contributed by atoms with Crippen LogP contribution in [0.4, 0.5) is 5.69 Å². The highest BCUT2D eigenvalue weighted by molar-refractivity contribution is 7.80. The first-order valence-corrected chi connectivity index (χ1v) is 12.2. The summed E-state index contributed by atoms with van der Waals surface area (Å²) < 4.78 is 2.29. The minimum atomic E-state index is -0.0815. The molecular formula is C28H27ClN4S. The van der Waals surface area contributed by atoms with E-state index >= 15 is 0 Å². The minimum Gasteiger partial charge on any atom is -0.351 e. The van der Waals surface area contributed by atoms with Crippen LogP contribution in [-0.4, -0.2) is 14.7 Å². The number of nitrogens with zero attached hydrogens (tertiary/aromatic N) is 3. The van der Waals surface area contributed by atoms with Gasteiger partial charge >= 0.3 is 0 Å². The maximum atomic E-state index is 6.35. The molecule has 0 spiro atoms. The van der Waals surface area contributed by atoms with Gasteiger partial charge in [-0.1, -0.05) is 41.4 Å². The second kappa shape index (κ2) is 8.90. The van der Waals surface area contributed by atoms with Crippen LogP contribution in [-0.2, 0) is 0 Å². The molecule has 3 heterocycles. The number of rotatable bonds is 4. The molecule has 1 N–H and O–H groups in total. The van der Waals surface area contributed by atoms with Crippen molar-refractivity contribution in [3.8, 4) is 5.69 Å². The molecule has 0 saturated carbocycles. The fraction of sp³-hybridized carbons (Fsp3) is 0.214. The maximum absolute atomic E-state index is 6.35. The van der Waals surface area contributed by atoms with Crippen LogP contribution in [0.15, 0.2) is 72.9 Å². The van der Waals surface area contributed by atoms with E-state index < -0.39 is 0 Å². The molecule has 2 atom stereocenters. The summed E-state index contributed by atoms with van der Waals surface area (Å²) in [7, 11) is 0. The van der Waals surface area contributed by atoms with Crippen molar-refractivity contribution in [2.24, 2.45) is 0 Å². The van der Waals surface area contributed by atoms with Crippen LogP contribution in [0.2, 0.25) is 5.02 Å². The molecule has 0 aliphatic carbocycles. The van der Waals surface area contributed by atoms with Gasteiger partial charge in [0, 0.05) is 39.5 Å². The Morgan fingerprint density at radius 3 is 2.32 bits per heavy atom. The van der Waals surface area contributed by atoms with Crippen molar-refractivity contribution in [3.63, 3.8) is 0 Å². The summed E-state index contributed by atoms with van der Waals surface area (Å²) in [4.78, 5) is 6.94. The van der Waals surface area contributed by atoms with E-state index in [-0.39, 0.29) is 12.1 Å². The lowest BCUT2D eigenvalue weighted by molar-refractivity contribution is 0.563. The fourth-order valence-corrected chi connectivity index (χ4v) is 5.61. The zero-order valence-corrected chi connectivity index (χ0v) is 21.3. The van der Waals surface area contributed by atoms with Gasteiger partial charge in [0.1, 0.15) is 0 Å². The Bertz CT molecular complexity index is 1360. The first kappa shape index (κ1) is 22.6. The van der Waals surface area contributed by atoms with Crippen LogP contribution in [0.25, 0.3) is 5.69 Å². The van der Waals surface area contributed by atoms with Crippen LogP contribution in [0.5, 0.6) is 0 Å². The molecule has 1 fully saturated rings. The smallest absolute Gasteiger partial charge is 0.174 e. The zero-order chi connectivity index (χ0) is 24.0. The van der Waals surface area contributed by atoms with Gasteiger partial charge in [0.2, 0.25) is 0 Å². The molecule has 5 rings (SSSR count). The third-order valence-electron chi connectivity index (χ3n) is 6.78. The molecule has 2 aromatic carbocycles. The standard InChI is InChI=1S/C28H27ClN4S/c1-17-11-13-22(14-12-17)33-27(26(31-28(33)34)24-10-5-6-15-30-24)25-18(2)19(3)32(20(25)4)23-9-7-8-21(29)16-23/h5-16,26-27H,1-4H3,(H,31,34)/t26-,27+/m0/s1. The number of hydrogen-bond acceptors (Lipinski definition) is 2. The van der Waals surface area contributed by atoms with E-state index in [4.69, 9.17) is 28.8 Å². The van der Waals surface area contributed by atoms with E-state index in [2.05, 4.69) is 78.9 Å². The molecule has 0 radical (unpaired) electrons. The van der Waals surface area contributed by atoms with Crippen molar-refractivity contribution in [1.29, 1.82) is 0 Å². The van der Waals surface area contributed by atoms with E-state index in [1.807, 2.05) is 36.5 Å². The van der Waals surface area contributed by atoms with Crippen LogP contribution in [0, 0.1) is 27.7 Å². The van der Waals surface area contributed by atoms with Crippen molar-refractivity contribution in [1.82, 2.24) is 14.9 Å². The van der Waals surface area contributed by atoms with E-state index in [0.717, 1.165) is 22.1 Å². The van der Waals surface area contributed by atoms with Crippen molar-refractivity contribution < 1.29 is 0 Å². The molecule has 0 bridgehead atoms. The summed E-state index contributed by atoms with van der Waals surface area (Å²) in [6, 6.07) is 22.5. The van der Waals surface area contributed by atoms with Crippen molar-refractivity contribution in [2.75, 3.05) is 4.90 Å². The molecule has 1 saturated heterocycles. The number of halogens is 1. The molecule has 4 nitrogen and oxygen atoms in total. The molecule has 4 aromatic rings. The number of nitrogens with one attached hydrogen (secondary N) is 1. The highest BCUT2D eigenvalue weighted by Gasteiger charge is 2.43. The number of benzene rings is 2. The van der Waals surface area contributed by atoms with E-state index in [9.17, 15) is 0 Å². The van der Waals surface area contributed by atoms with Crippen LogP contribution in [0.3, 0.4) is 0 Å². The van der Waals surface area contributed by atoms with Crippen LogP contribution in [0.1, 0.15) is 45.9 Å². The monoisotopic (exact) mass is 486 g/mol. The van der Waals surface area contributed by atoms with Crippen LogP contribution < -0.4 is 10.2 Å². The summed E-state index contributed by atoms with van der Waals surface area (Å²) >= 11 is 12.3. The second-order valence-electron chi connectivity index (χ2n) is 8.86. The summed E-state index contributed by atoms with van der Waals surface area (Å²) in [5, 5.41) is 5.01. The Hall–Kier alpha value is -3.15. The maximum Gasteiger partial charge on any atom is 0.174 e. The van der Waals surface area contributed by atoms with Gasteiger partial charge < -0.3 is 14.8 Å². The largest absolute Gasteiger partial charge is 0.351 e. The molecule has 34 heavy (non-hydrogen) atoms. The van der Waals surface area contributed by atoms with Crippen LogP contribution >= 0.6 is 23.8 Å². The first-order chi connectivity index (χ1) is 16.4. The van der Waals surface area contributed by atoms with Gasteiger partial charge in [-0.05, 0) is 87.9 Å². The Morgan fingerprint density at radius 1 is 0.882 bits per heavy atom. The summed E-state index contributed by atoms with van der Waals surface area (Å²) in [6.45, 7) is 8.64. The summed E-state index contributed by atoms with van der Waals surface area (Å²) in [5.41, 5.74) is 9.17. The molecule has 6 heteroatoms. The Kier molecular flexibility index (Phi) is 5.92. The van der Waals surface area contributed by atoms with Gasteiger partial charge in [-0.15, -0.1) is 0 Å². The predicted molar refractivity (Wildman–Crippen MR) is 144 cm³/mol. The fourth-order valence-electron chi connectivity index (χ4n) is 5.08. The average molecular weight is 487 g/mol. The van der Waals surface area contributed by atoms with Gasteiger partial charge in [-0.3, -0.25) is 4.98 Å². The third kappa shape index (κ3) is 3.79. The van der Waals surface area contributed by atoms with Crippen molar-refractivity contribution in [3.05, 3.63) is 112 Å². The van der Waals surface area contributed by atoms with E-state index in [0.29, 0.717) is 5.11 Å². The second-order valence-corrected chi connectivity index (χ2v) is 9.68. The quantitative estimate of drug-likeness (QED) is 0.317. The topological polar surface area (TPSA) is 33.1 Å². The SMILES string of the molecule is Cc1ccc(N2C(=S)N[C@@H](c3ccccn3)[C@H]2c2c(C)c(C)n(-c3cccc(Cl)c3)c2C)cc1. The lowest BCUT2D eigenvalue weighted by Gasteiger charge is -2.29. The molecule has 1 aliphatic heterocycles. The highest BCUT2D eigenvalue weighted by atomic mass is 35.5. The predicted octanol–water partition coefficient (Wildman–Crippen LogP) is 6.94. The summed E-state index contributed by atoms with van der Waals surface area (Å²) in [6.07, 6.45) is 1.84. The first-order valence-electron chi connectivity index (χ1n) is 11.4. The molecule has 172 valence electrons. The Labute approximate surface area is 211 Å². The van der Waals surface area contributed by atoms with E-state index in [1.165, 1.54) is 28.1 Å². The Balaban J connectivity index is 1.73. The van der Waals surface area contributed by atoms with Gasteiger partial charge in [-0.2, -0.15) is 0 Å². The minimum absolute atomic E-state index is 0.0516. The lowest BCUT2D eigenvalue weighted by atomic mass is 9.93. The summed E-state index contributed by atoms with van der Waals surface area (Å²) in [5.74, 6) is 0. The molecule has 2 aromatic heterocycles. The zero-order valence-electron chi connectivity index (χ0n) is 19.7. The molecular weight excluding hydrogens is 460 g/mol. The van der Waals surface area contributed by atoms with Crippen molar-refractivity contribution in [2.45, 2.75) is 39.8 Å². The van der Waals surface area contributed by atoms with Gasteiger partial charge in [0.15, 0.2) is 5.11 Å². The third-order valence-corrected chi connectivity index (χ3v) is 7.33. The van der Waals surface area contributed by atoms with E-state index in [1.54, 1.807) is 0 Å². The number of aromatic nitrogens is 2. The Morgan fingerprint density at radius 2 is 1.65 bits per heavy atom. The van der Waals surface area contributed by atoms with Crippen molar-refractivity contribution >= 4 is 34.6 Å². The molecule has 1 aliphatic rings. The number of hydrogen-bond donors (Lipinski definition) is 1. The van der Waals surface area contributed by atoms with Gasteiger partial charge in [-0.25, -0.2) is 0 Å². The number of pyridine rings is 1. The molecule has 0 amide bonds. The lowest BCUT2D eigenvalue weighted by Crippen LogP contribution is -2.29. The molecule has 0 unspecified atom stereocenters. The average Bonchev–Trinajstić information content (AvgIpc) is 3.27. The van der Waals surface area contributed by atoms with Gasteiger partial charge in [0.25, 0.3) is 0 Å². The number of thiocarbonyl (C=S) groups is 1. The van der Waals surface area contributed by atoms with Gasteiger partial charge in [0.05, 0.1) is 17.8 Å². The normalized spacial score (nSPS) is 17.8. The number of anilines is 1. The number of aryl methyl sites for hydroxylation is 1. The highest BCUT2D eigenvalue weighted by Crippen LogP contribution is 2.45.